The Morgan fingerprint density at radius 2 is 2.04 bits per heavy atom. The van der Waals surface area contributed by atoms with Crippen molar-refractivity contribution in [2.24, 2.45) is 5.92 Å². The van der Waals surface area contributed by atoms with E-state index in [1.807, 2.05) is 20.8 Å². The van der Waals surface area contributed by atoms with Gasteiger partial charge in [0, 0.05) is 31.2 Å². The van der Waals surface area contributed by atoms with Gasteiger partial charge < -0.3 is 15.2 Å². The van der Waals surface area contributed by atoms with Gasteiger partial charge in [0.05, 0.1) is 10.6 Å². The van der Waals surface area contributed by atoms with Crippen LogP contribution in [-0.2, 0) is 6.54 Å². The zero-order valence-electron chi connectivity index (χ0n) is 14.0. The van der Waals surface area contributed by atoms with E-state index in [9.17, 15) is 9.59 Å². The molecule has 2 N–H and O–H groups in total. The summed E-state index contributed by atoms with van der Waals surface area (Å²) < 4.78 is 1.74. The van der Waals surface area contributed by atoms with Crippen LogP contribution in [0.25, 0.3) is 0 Å². The monoisotopic (exact) mass is 348 g/mol. The van der Waals surface area contributed by atoms with Crippen LogP contribution in [-0.4, -0.2) is 27.9 Å². The largest absolute Gasteiger partial charge is 0.352 e. The van der Waals surface area contributed by atoms with Crippen molar-refractivity contribution in [3.8, 4) is 0 Å². The Hall–Kier alpha value is -2.34. The molecular weight excluding hydrogens is 328 g/mol. The van der Waals surface area contributed by atoms with E-state index in [-0.39, 0.29) is 11.8 Å². The smallest absolute Gasteiger partial charge is 0.291 e. The molecule has 2 amide bonds. The van der Waals surface area contributed by atoms with Crippen LogP contribution >= 0.6 is 11.6 Å². The summed E-state index contributed by atoms with van der Waals surface area (Å²) >= 11 is 6.10. The van der Waals surface area contributed by atoms with Gasteiger partial charge in [0.15, 0.2) is 5.82 Å². The molecule has 0 saturated carbocycles. The molecule has 0 spiro atoms. The number of carbonyl (C=O) groups is 2. The van der Waals surface area contributed by atoms with Gasteiger partial charge >= 0.3 is 0 Å². The number of imidazole rings is 1. The van der Waals surface area contributed by atoms with E-state index in [1.54, 1.807) is 35.2 Å². The van der Waals surface area contributed by atoms with Gasteiger partial charge in [0.25, 0.3) is 11.8 Å². The Bertz CT molecular complexity index is 740. The van der Waals surface area contributed by atoms with E-state index in [0.29, 0.717) is 41.1 Å². The number of benzene rings is 1. The van der Waals surface area contributed by atoms with Crippen molar-refractivity contribution in [3.63, 3.8) is 0 Å². The van der Waals surface area contributed by atoms with E-state index in [4.69, 9.17) is 11.6 Å². The van der Waals surface area contributed by atoms with Crippen molar-refractivity contribution in [1.29, 1.82) is 0 Å². The highest BCUT2D eigenvalue weighted by molar-refractivity contribution is 6.34. The molecule has 0 bridgehead atoms. The summed E-state index contributed by atoms with van der Waals surface area (Å²) in [5, 5.41) is 5.90. The van der Waals surface area contributed by atoms with Crippen molar-refractivity contribution in [2.75, 3.05) is 11.9 Å². The Morgan fingerprint density at radius 3 is 2.71 bits per heavy atom. The van der Waals surface area contributed by atoms with Gasteiger partial charge in [-0.2, -0.15) is 0 Å². The molecule has 0 atom stereocenters. The number of nitrogens with zero attached hydrogens (tertiary/aromatic N) is 2. The van der Waals surface area contributed by atoms with E-state index < -0.39 is 0 Å². The number of hydrogen-bond acceptors (Lipinski definition) is 3. The van der Waals surface area contributed by atoms with Crippen LogP contribution in [0.2, 0.25) is 5.02 Å². The maximum absolute atomic E-state index is 12.3. The number of nitrogens with one attached hydrogen (secondary N) is 2. The van der Waals surface area contributed by atoms with Crippen LogP contribution in [0.4, 0.5) is 5.69 Å². The molecule has 0 saturated heterocycles. The van der Waals surface area contributed by atoms with E-state index in [2.05, 4.69) is 15.6 Å². The molecule has 24 heavy (non-hydrogen) atoms. The standard InChI is InChI=1S/C17H21ClN4O2/c1-4-22-8-7-19-15(22)17(24)21-12-5-6-14(18)13(9-12)16(23)20-10-11(2)3/h5-9,11H,4,10H2,1-3H3,(H,20,23)(H,21,24). The van der Waals surface area contributed by atoms with Crippen molar-refractivity contribution < 1.29 is 9.59 Å². The third-order valence-corrected chi connectivity index (χ3v) is 3.73. The first-order valence-corrected chi connectivity index (χ1v) is 8.20. The molecular formula is C17H21ClN4O2. The third kappa shape index (κ3) is 4.35. The van der Waals surface area contributed by atoms with Crippen LogP contribution < -0.4 is 10.6 Å². The first kappa shape index (κ1) is 18.0. The van der Waals surface area contributed by atoms with Crippen LogP contribution in [0.3, 0.4) is 0 Å². The fraction of sp³-hybridized carbons (Fsp3) is 0.353. The maximum atomic E-state index is 12.3. The molecule has 0 unspecified atom stereocenters. The summed E-state index contributed by atoms with van der Waals surface area (Å²) in [6.07, 6.45) is 3.31. The molecule has 7 heteroatoms. The number of rotatable bonds is 6. The minimum Gasteiger partial charge on any atom is -0.352 e. The van der Waals surface area contributed by atoms with E-state index >= 15 is 0 Å². The average Bonchev–Trinajstić information content (AvgIpc) is 3.03. The zero-order valence-corrected chi connectivity index (χ0v) is 14.7. The van der Waals surface area contributed by atoms with E-state index in [0.717, 1.165) is 0 Å². The summed E-state index contributed by atoms with van der Waals surface area (Å²) in [5.74, 6) is 0.0549. The Labute approximate surface area is 146 Å². The van der Waals surface area contributed by atoms with Crippen LogP contribution in [0.15, 0.2) is 30.6 Å². The highest BCUT2D eigenvalue weighted by Gasteiger charge is 2.15. The average molecular weight is 349 g/mol. The normalized spacial score (nSPS) is 10.7. The number of aromatic nitrogens is 2. The van der Waals surface area contributed by atoms with Crippen molar-refractivity contribution >= 4 is 29.1 Å². The molecule has 128 valence electrons. The molecule has 0 aliphatic carbocycles. The predicted octanol–water partition coefficient (Wildman–Crippen LogP) is 3.19. The lowest BCUT2D eigenvalue weighted by atomic mass is 10.1. The molecule has 0 aliphatic rings. The number of halogens is 1. The molecule has 2 rings (SSSR count). The topological polar surface area (TPSA) is 76.0 Å². The number of amides is 2. The number of anilines is 1. The van der Waals surface area contributed by atoms with Gasteiger partial charge in [-0.25, -0.2) is 4.98 Å². The lowest BCUT2D eigenvalue weighted by Gasteiger charge is -2.11. The van der Waals surface area contributed by atoms with Crippen molar-refractivity contribution in [3.05, 3.63) is 47.0 Å². The van der Waals surface area contributed by atoms with Gasteiger partial charge in [-0.1, -0.05) is 25.4 Å². The summed E-state index contributed by atoms with van der Waals surface area (Å²) in [4.78, 5) is 28.6. The van der Waals surface area contributed by atoms with E-state index in [1.165, 1.54) is 0 Å². The molecule has 1 aromatic carbocycles. The summed E-state index contributed by atoms with van der Waals surface area (Å²) in [7, 11) is 0. The minimum atomic E-state index is -0.335. The zero-order chi connectivity index (χ0) is 17.7. The highest BCUT2D eigenvalue weighted by Crippen LogP contribution is 2.21. The lowest BCUT2D eigenvalue weighted by Crippen LogP contribution is -2.27. The first-order chi connectivity index (χ1) is 11.4. The fourth-order valence-corrected chi connectivity index (χ4v) is 2.33. The second kappa shape index (κ2) is 7.97. The Morgan fingerprint density at radius 1 is 1.29 bits per heavy atom. The quantitative estimate of drug-likeness (QED) is 0.841. The molecule has 1 heterocycles. The van der Waals surface area contributed by atoms with Gasteiger partial charge in [-0.15, -0.1) is 0 Å². The summed E-state index contributed by atoms with van der Waals surface area (Å²) in [5.41, 5.74) is 0.818. The molecule has 0 fully saturated rings. The Kier molecular flexibility index (Phi) is 5.98. The second-order valence-corrected chi connectivity index (χ2v) is 6.20. The lowest BCUT2D eigenvalue weighted by molar-refractivity contribution is 0.0947. The Balaban J connectivity index is 2.16. The highest BCUT2D eigenvalue weighted by atomic mass is 35.5. The van der Waals surface area contributed by atoms with Crippen molar-refractivity contribution in [2.45, 2.75) is 27.3 Å². The van der Waals surface area contributed by atoms with Gasteiger partial charge in [-0.3, -0.25) is 9.59 Å². The number of hydrogen-bond donors (Lipinski definition) is 2. The number of carbonyl (C=O) groups excluding carboxylic acids is 2. The van der Waals surface area contributed by atoms with Gasteiger partial charge in [0.1, 0.15) is 0 Å². The minimum absolute atomic E-state index is 0.264. The second-order valence-electron chi connectivity index (χ2n) is 5.79. The SMILES string of the molecule is CCn1ccnc1C(=O)Nc1ccc(Cl)c(C(=O)NCC(C)C)c1. The molecule has 0 radical (unpaired) electrons. The summed E-state index contributed by atoms with van der Waals surface area (Å²) in [6.45, 7) is 7.15. The van der Waals surface area contributed by atoms with Gasteiger partial charge in [0.2, 0.25) is 0 Å². The molecule has 1 aromatic heterocycles. The number of aryl methyl sites for hydroxylation is 1. The van der Waals surface area contributed by atoms with Crippen LogP contribution in [0, 0.1) is 5.92 Å². The molecule has 0 aliphatic heterocycles. The van der Waals surface area contributed by atoms with Crippen LogP contribution in [0.5, 0.6) is 0 Å². The fourth-order valence-electron chi connectivity index (χ4n) is 2.13. The van der Waals surface area contributed by atoms with Gasteiger partial charge in [-0.05, 0) is 31.0 Å². The predicted molar refractivity (Wildman–Crippen MR) is 94.5 cm³/mol. The first-order valence-electron chi connectivity index (χ1n) is 7.82. The molecule has 2 aromatic rings. The third-order valence-electron chi connectivity index (χ3n) is 3.40. The summed E-state index contributed by atoms with van der Waals surface area (Å²) in [6, 6.07) is 4.81. The maximum Gasteiger partial charge on any atom is 0.291 e. The van der Waals surface area contributed by atoms with Crippen molar-refractivity contribution in [1.82, 2.24) is 14.9 Å². The molecule has 6 nitrogen and oxygen atoms in total. The van der Waals surface area contributed by atoms with Crippen LogP contribution in [0.1, 0.15) is 41.7 Å².